The number of hydrogen-bond donors (Lipinski definition) is 3. The van der Waals surface area contributed by atoms with E-state index in [4.69, 9.17) is 11.6 Å². The number of carbonyl (C=O) groups excluding carboxylic acids is 1. The lowest BCUT2D eigenvalue weighted by Crippen LogP contribution is -2.15. The minimum Gasteiger partial charge on any atom is -0.481 e. The van der Waals surface area contributed by atoms with Crippen LogP contribution in [0.2, 0.25) is 5.02 Å². The highest BCUT2D eigenvalue weighted by Crippen LogP contribution is 2.39. The van der Waals surface area contributed by atoms with Crippen LogP contribution in [0.25, 0.3) is 11.3 Å². The number of nitrogens with zero attached hydrogens (tertiary/aromatic N) is 1. The van der Waals surface area contributed by atoms with Crippen LogP contribution in [-0.4, -0.2) is 42.5 Å². The predicted molar refractivity (Wildman–Crippen MR) is 137 cm³/mol. The number of carboxylic acids is 1. The number of carbonyl (C=O) groups is 2. The molecule has 0 spiro atoms. The van der Waals surface area contributed by atoms with Crippen LogP contribution < -0.4 is 10.6 Å². The Morgan fingerprint density at radius 3 is 2.50 bits per heavy atom. The van der Waals surface area contributed by atoms with Crippen molar-refractivity contribution in [1.82, 2.24) is 4.90 Å². The van der Waals surface area contributed by atoms with E-state index in [9.17, 15) is 14.7 Å². The Morgan fingerprint density at radius 1 is 1.03 bits per heavy atom. The topological polar surface area (TPSA) is 81.7 Å². The number of likely N-dealkylation sites (N-methyl/N-ethyl adjacent to an activating group) is 1. The summed E-state index contributed by atoms with van der Waals surface area (Å²) in [5, 5.41) is 16.1. The lowest BCUT2D eigenvalue weighted by molar-refractivity contribution is -0.136. The fourth-order valence-electron chi connectivity index (χ4n) is 3.94. The van der Waals surface area contributed by atoms with E-state index < -0.39 is 5.97 Å². The van der Waals surface area contributed by atoms with E-state index in [1.54, 1.807) is 30.3 Å². The quantitative estimate of drug-likeness (QED) is 0.399. The number of carboxylic acid groups (broad SMARTS) is 1. The molecule has 1 heterocycles. The van der Waals surface area contributed by atoms with Crippen molar-refractivity contribution in [3.63, 3.8) is 0 Å². The van der Waals surface area contributed by atoms with Gasteiger partial charge in [-0.2, -0.15) is 0 Å². The van der Waals surface area contributed by atoms with Crippen LogP contribution in [-0.2, 0) is 22.4 Å². The third-order valence-electron chi connectivity index (χ3n) is 5.62. The van der Waals surface area contributed by atoms with Gasteiger partial charge >= 0.3 is 5.97 Å². The molecule has 4 rings (SSSR count). The van der Waals surface area contributed by atoms with E-state index >= 15 is 0 Å². The first-order valence-electron chi connectivity index (χ1n) is 11.0. The molecule has 1 amide bonds. The first-order chi connectivity index (χ1) is 16.3. The van der Waals surface area contributed by atoms with Gasteiger partial charge in [0.15, 0.2) is 0 Å². The molecular weight excluding hydrogens is 450 g/mol. The number of hydrogen-bond acceptors (Lipinski definition) is 4. The molecule has 0 bridgehead atoms. The SMILES string of the molecule is CN(C)CCc1ccc(NC(=C2C(=O)Nc3cc(Cl)ccc32)c2cccc(CC(=O)O)c2)cc1. The molecule has 0 saturated heterocycles. The highest BCUT2D eigenvalue weighted by molar-refractivity contribution is 6.38. The van der Waals surface area contributed by atoms with Crippen molar-refractivity contribution in [2.75, 3.05) is 31.3 Å². The maximum atomic E-state index is 13.1. The standard InChI is InChI=1S/C27H26ClN3O3/c1-31(2)13-12-17-6-9-21(10-7-17)29-26(19-5-3-4-18(14-19)15-24(32)33)25-22-11-8-20(28)16-23(22)30-27(25)34/h3-11,14,16,29H,12-13,15H2,1-2H3,(H,30,34)(H,32,33). The molecule has 174 valence electrons. The maximum Gasteiger partial charge on any atom is 0.307 e. The second-order valence-corrected chi connectivity index (χ2v) is 8.98. The average molecular weight is 476 g/mol. The van der Waals surface area contributed by atoms with Crippen LogP contribution in [0.4, 0.5) is 11.4 Å². The summed E-state index contributed by atoms with van der Waals surface area (Å²) in [5.74, 6) is -1.16. The highest BCUT2D eigenvalue weighted by Gasteiger charge is 2.28. The van der Waals surface area contributed by atoms with Crippen LogP contribution in [0.15, 0.2) is 66.7 Å². The Labute approximate surface area is 203 Å². The van der Waals surface area contributed by atoms with E-state index in [1.165, 1.54) is 5.56 Å². The summed E-state index contributed by atoms with van der Waals surface area (Å²) in [7, 11) is 4.09. The predicted octanol–water partition coefficient (Wildman–Crippen LogP) is 5.00. The van der Waals surface area contributed by atoms with Gasteiger partial charge in [0.2, 0.25) is 0 Å². The summed E-state index contributed by atoms with van der Waals surface area (Å²) in [6, 6.07) is 20.6. The molecule has 3 N–H and O–H groups in total. The fraction of sp³-hybridized carbons (Fsp3) is 0.185. The Morgan fingerprint density at radius 2 is 1.79 bits per heavy atom. The van der Waals surface area contributed by atoms with Crippen LogP contribution in [0.1, 0.15) is 22.3 Å². The smallest absolute Gasteiger partial charge is 0.307 e. The van der Waals surface area contributed by atoms with Crippen LogP contribution in [0.3, 0.4) is 0 Å². The zero-order valence-electron chi connectivity index (χ0n) is 19.1. The lowest BCUT2D eigenvalue weighted by atomic mass is 9.98. The number of amides is 1. The van der Waals surface area contributed by atoms with E-state index in [-0.39, 0.29) is 12.3 Å². The van der Waals surface area contributed by atoms with Gasteiger partial charge in [0.25, 0.3) is 5.91 Å². The molecule has 6 nitrogen and oxygen atoms in total. The summed E-state index contributed by atoms with van der Waals surface area (Å²) in [4.78, 5) is 26.5. The minimum absolute atomic E-state index is 0.102. The first-order valence-corrected chi connectivity index (χ1v) is 11.4. The molecule has 0 saturated carbocycles. The zero-order valence-corrected chi connectivity index (χ0v) is 19.8. The van der Waals surface area contributed by atoms with E-state index in [1.807, 2.05) is 38.4 Å². The third-order valence-corrected chi connectivity index (χ3v) is 5.85. The van der Waals surface area contributed by atoms with Crippen molar-refractivity contribution in [3.05, 3.63) is 94.0 Å². The maximum absolute atomic E-state index is 13.1. The van der Waals surface area contributed by atoms with Gasteiger partial charge in [0.05, 0.1) is 23.4 Å². The van der Waals surface area contributed by atoms with Crippen molar-refractivity contribution >= 4 is 46.1 Å². The molecule has 3 aromatic carbocycles. The number of fused-ring (bicyclic) bond motifs is 1. The van der Waals surface area contributed by atoms with Crippen molar-refractivity contribution in [2.45, 2.75) is 12.8 Å². The Bertz CT molecular complexity index is 1270. The van der Waals surface area contributed by atoms with Crippen molar-refractivity contribution in [2.24, 2.45) is 0 Å². The molecule has 7 heteroatoms. The minimum atomic E-state index is -0.911. The van der Waals surface area contributed by atoms with Crippen molar-refractivity contribution in [3.8, 4) is 0 Å². The molecule has 1 aliphatic rings. The van der Waals surface area contributed by atoms with E-state index in [0.29, 0.717) is 27.5 Å². The number of halogens is 1. The highest BCUT2D eigenvalue weighted by atomic mass is 35.5. The van der Waals surface area contributed by atoms with E-state index in [0.717, 1.165) is 29.8 Å². The van der Waals surface area contributed by atoms with Gasteiger partial charge in [-0.25, -0.2) is 0 Å². The molecule has 34 heavy (non-hydrogen) atoms. The first kappa shape index (κ1) is 23.5. The number of nitrogens with one attached hydrogen (secondary N) is 2. The van der Waals surface area contributed by atoms with Gasteiger partial charge in [0.1, 0.15) is 0 Å². The molecule has 0 aromatic heterocycles. The van der Waals surface area contributed by atoms with Gasteiger partial charge in [0, 0.05) is 22.8 Å². The van der Waals surface area contributed by atoms with Crippen LogP contribution in [0.5, 0.6) is 0 Å². The third kappa shape index (κ3) is 5.47. The monoisotopic (exact) mass is 475 g/mol. The van der Waals surface area contributed by atoms with Crippen LogP contribution >= 0.6 is 11.6 Å². The van der Waals surface area contributed by atoms with Crippen molar-refractivity contribution in [1.29, 1.82) is 0 Å². The average Bonchev–Trinajstić information content (AvgIpc) is 3.11. The molecule has 0 fully saturated rings. The van der Waals surface area contributed by atoms with E-state index in [2.05, 4.69) is 27.7 Å². The summed E-state index contributed by atoms with van der Waals surface area (Å²) >= 11 is 6.13. The Kier molecular flexibility index (Phi) is 7.01. The largest absolute Gasteiger partial charge is 0.481 e. The summed E-state index contributed by atoms with van der Waals surface area (Å²) < 4.78 is 0. The number of benzene rings is 3. The zero-order chi connectivity index (χ0) is 24.2. The second kappa shape index (κ2) is 10.1. The van der Waals surface area contributed by atoms with Gasteiger partial charge in [-0.3, -0.25) is 9.59 Å². The molecule has 1 aliphatic heterocycles. The molecule has 0 aliphatic carbocycles. The summed E-state index contributed by atoms with van der Waals surface area (Å²) in [6.07, 6.45) is 0.838. The number of rotatable bonds is 8. The summed E-state index contributed by atoms with van der Waals surface area (Å²) in [5.41, 5.74) is 5.89. The Hall–Kier alpha value is -3.61. The normalized spacial score (nSPS) is 14.1. The molecule has 3 aromatic rings. The van der Waals surface area contributed by atoms with Gasteiger partial charge in [-0.15, -0.1) is 0 Å². The number of anilines is 2. The van der Waals surface area contributed by atoms with Crippen molar-refractivity contribution < 1.29 is 14.7 Å². The number of aliphatic carboxylic acids is 1. The van der Waals surface area contributed by atoms with Gasteiger partial charge in [-0.05, 0) is 67.5 Å². The molecular formula is C27H26ClN3O3. The fourth-order valence-corrected chi connectivity index (χ4v) is 4.11. The summed E-state index contributed by atoms with van der Waals surface area (Å²) in [6.45, 7) is 0.956. The van der Waals surface area contributed by atoms with Gasteiger partial charge in [-0.1, -0.05) is 48.0 Å². The molecule has 0 radical (unpaired) electrons. The molecule has 0 atom stereocenters. The van der Waals surface area contributed by atoms with Gasteiger partial charge < -0.3 is 20.6 Å². The Balaban J connectivity index is 1.77. The molecule has 0 unspecified atom stereocenters. The lowest BCUT2D eigenvalue weighted by Gasteiger charge is -2.16. The second-order valence-electron chi connectivity index (χ2n) is 8.54. The van der Waals surface area contributed by atoms with Crippen LogP contribution in [0, 0.1) is 0 Å².